The van der Waals surface area contributed by atoms with Gasteiger partial charge in [0.2, 0.25) is 0 Å². The van der Waals surface area contributed by atoms with E-state index in [0.717, 1.165) is 6.20 Å². The van der Waals surface area contributed by atoms with Crippen molar-refractivity contribution in [1.82, 2.24) is 20.4 Å². The summed E-state index contributed by atoms with van der Waals surface area (Å²) in [6, 6.07) is 6.44. The summed E-state index contributed by atoms with van der Waals surface area (Å²) < 4.78 is 37.5. The number of amides is 1. The number of alkyl halides is 3. The van der Waals surface area contributed by atoms with E-state index in [-0.39, 0.29) is 11.3 Å². The maximum Gasteiger partial charge on any atom is 0.434 e. The molecule has 3 aromatic rings. The van der Waals surface area contributed by atoms with Crippen molar-refractivity contribution < 1.29 is 23.2 Å². The lowest BCUT2D eigenvalue weighted by molar-refractivity contribution is -0.141. The zero-order chi connectivity index (χ0) is 16.6. The highest BCUT2D eigenvalue weighted by molar-refractivity contribution is 6.06. The lowest BCUT2D eigenvalue weighted by Crippen LogP contribution is -2.18. The van der Waals surface area contributed by atoms with Crippen LogP contribution < -0.4 is 5.48 Å². The lowest BCUT2D eigenvalue weighted by Gasteiger charge is -2.04. The number of H-pyrrole nitrogens is 1. The Labute approximate surface area is 127 Å². The van der Waals surface area contributed by atoms with E-state index >= 15 is 0 Å². The van der Waals surface area contributed by atoms with Crippen LogP contribution in [0.3, 0.4) is 0 Å². The Morgan fingerprint density at radius 2 is 2.00 bits per heavy atom. The molecule has 3 rings (SSSR count). The molecule has 0 fully saturated rings. The predicted molar refractivity (Wildman–Crippen MR) is 73.6 cm³/mol. The number of carbonyl (C=O) groups is 1. The van der Waals surface area contributed by atoms with Gasteiger partial charge in [-0.05, 0) is 12.1 Å². The maximum absolute atomic E-state index is 12.5. The second-order valence-corrected chi connectivity index (χ2v) is 4.68. The van der Waals surface area contributed by atoms with E-state index in [1.165, 1.54) is 11.5 Å². The van der Waals surface area contributed by atoms with Gasteiger partial charge in [-0.3, -0.25) is 15.0 Å². The van der Waals surface area contributed by atoms with Gasteiger partial charge in [0.25, 0.3) is 5.91 Å². The third-order valence-electron chi connectivity index (χ3n) is 3.22. The summed E-state index contributed by atoms with van der Waals surface area (Å²) in [5.41, 5.74) is 1.67. The molecule has 2 aromatic heterocycles. The molecule has 0 saturated heterocycles. The Balaban J connectivity index is 2.06. The maximum atomic E-state index is 12.5. The lowest BCUT2D eigenvalue weighted by atomic mass is 10.1. The van der Waals surface area contributed by atoms with Crippen molar-refractivity contribution in [2.45, 2.75) is 6.18 Å². The summed E-state index contributed by atoms with van der Waals surface area (Å²) in [5.74, 6) is -0.706. The number of halogens is 3. The van der Waals surface area contributed by atoms with E-state index < -0.39 is 17.8 Å². The number of aromatic nitrogens is 3. The molecule has 0 unspecified atom stereocenters. The third-order valence-corrected chi connectivity index (χ3v) is 3.22. The van der Waals surface area contributed by atoms with Gasteiger partial charge >= 0.3 is 6.18 Å². The smallest absolute Gasteiger partial charge is 0.353 e. The van der Waals surface area contributed by atoms with Crippen molar-refractivity contribution in [3.8, 4) is 11.4 Å². The van der Waals surface area contributed by atoms with Crippen LogP contribution in [0.15, 0.2) is 36.7 Å². The van der Waals surface area contributed by atoms with Crippen LogP contribution in [0.5, 0.6) is 0 Å². The molecule has 0 radical (unpaired) electrons. The van der Waals surface area contributed by atoms with Gasteiger partial charge in [0.05, 0.1) is 29.2 Å². The molecule has 0 saturated carbocycles. The van der Waals surface area contributed by atoms with Crippen molar-refractivity contribution in [3.05, 3.63) is 47.9 Å². The van der Waals surface area contributed by atoms with E-state index in [9.17, 15) is 18.0 Å². The monoisotopic (exact) mass is 322 g/mol. The summed E-state index contributed by atoms with van der Waals surface area (Å²) in [4.78, 5) is 21.6. The highest BCUT2D eigenvalue weighted by atomic mass is 19.4. The van der Waals surface area contributed by atoms with E-state index in [0.29, 0.717) is 22.8 Å². The Kier molecular flexibility index (Phi) is 3.49. The first-order valence-corrected chi connectivity index (χ1v) is 6.36. The second-order valence-electron chi connectivity index (χ2n) is 4.68. The summed E-state index contributed by atoms with van der Waals surface area (Å²) in [6.07, 6.45) is -2.92. The van der Waals surface area contributed by atoms with Crippen LogP contribution in [-0.2, 0) is 6.18 Å². The summed E-state index contributed by atoms with van der Waals surface area (Å²) in [6.45, 7) is 0. The van der Waals surface area contributed by atoms with Crippen LogP contribution in [0.25, 0.3) is 22.3 Å². The van der Waals surface area contributed by atoms with E-state index in [1.54, 1.807) is 18.2 Å². The van der Waals surface area contributed by atoms with Crippen molar-refractivity contribution >= 4 is 16.8 Å². The van der Waals surface area contributed by atoms with Crippen LogP contribution in [0.4, 0.5) is 13.2 Å². The molecule has 23 heavy (non-hydrogen) atoms. The number of nitrogens with zero attached hydrogens (tertiary/aromatic N) is 2. The Bertz CT molecular complexity index is 872. The number of fused-ring (bicyclic) bond motifs is 1. The molecule has 2 heterocycles. The van der Waals surface area contributed by atoms with E-state index in [2.05, 4.69) is 15.0 Å². The van der Waals surface area contributed by atoms with Crippen molar-refractivity contribution in [2.24, 2.45) is 0 Å². The molecule has 0 aliphatic rings. The molecule has 1 aromatic carbocycles. The van der Waals surface area contributed by atoms with Crippen LogP contribution in [0.2, 0.25) is 0 Å². The fraction of sp³-hybridized carbons (Fsp3) is 0.0714. The first kappa shape index (κ1) is 15.0. The van der Waals surface area contributed by atoms with E-state index in [1.807, 2.05) is 0 Å². The topological polar surface area (TPSA) is 90.9 Å². The van der Waals surface area contributed by atoms with Crippen LogP contribution >= 0.6 is 0 Å². The van der Waals surface area contributed by atoms with Gasteiger partial charge in [0.1, 0.15) is 5.69 Å². The van der Waals surface area contributed by atoms with Gasteiger partial charge in [0.15, 0.2) is 5.69 Å². The summed E-state index contributed by atoms with van der Waals surface area (Å²) in [5, 5.41) is 9.38. The third kappa shape index (κ3) is 2.73. The SMILES string of the molecule is O=C(NO)c1cccc2cc(-c3cnc(C(F)(F)F)cn3)[nH]c12. The van der Waals surface area contributed by atoms with E-state index in [4.69, 9.17) is 5.21 Å². The number of para-hydroxylation sites is 1. The van der Waals surface area contributed by atoms with Gasteiger partial charge in [-0.1, -0.05) is 12.1 Å². The quantitative estimate of drug-likeness (QED) is 0.500. The van der Waals surface area contributed by atoms with Gasteiger partial charge in [-0.25, -0.2) is 10.5 Å². The fourth-order valence-electron chi connectivity index (χ4n) is 2.16. The molecule has 6 nitrogen and oxygen atoms in total. The number of hydrogen-bond donors (Lipinski definition) is 3. The average molecular weight is 322 g/mol. The van der Waals surface area contributed by atoms with Gasteiger partial charge in [-0.15, -0.1) is 0 Å². The Hall–Kier alpha value is -2.94. The van der Waals surface area contributed by atoms with Gasteiger partial charge < -0.3 is 4.98 Å². The normalized spacial score (nSPS) is 11.7. The Morgan fingerprint density at radius 1 is 1.22 bits per heavy atom. The first-order valence-electron chi connectivity index (χ1n) is 6.36. The summed E-state index contributed by atoms with van der Waals surface area (Å²) >= 11 is 0. The number of carbonyl (C=O) groups excluding carboxylic acids is 1. The number of benzene rings is 1. The molecular formula is C14H9F3N4O2. The molecule has 0 aliphatic heterocycles. The number of rotatable bonds is 2. The van der Waals surface area contributed by atoms with Crippen molar-refractivity contribution in [3.63, 3.8) is 0 Å². The van der Waals surface area contributed by atoms with Crippen LogP contribution in [0, 0.1) is 0 Å². The zero-order valence-corrected chi connectivity index (χ0v) is 11.3. The molecule has 9 heteroatoms. The first-order chi connectivity index (χ1) is 10.9. The molecule has 0 atom stereocenters. The molecular weight excluding hydrogens is 313 g/mol. The highest BCUT2D eigenvalue weighted by Gasteiger charge is 2.32. The molecule has 0 spiro atoms. The largest absolute Gasteiger partial charge is 0.434 e. The number of nitrogens with one attached hydrogen (secondary N) is 2. The zero-order valence-electron chi connectivity index (χ0n) is 11.3. The minimum atomic E-state index is -4.56. The molecule has 1 amide bonds. The van der Waals surface area contributed by atoms with Crippen molar-refractivity contribution in [2.75, 3.05) is 0 Å². The fourth-order valence-corrected chi connectivity index (χ4v) is 2.16. The highest BCUT2D eigenvalue weighted by Crippen LogP contribution is 2.29. The van der Waals surface area contributed by atoms with Gasteiger partial charge in [0, 0.05) is 5.39 Å². The molecule has 118 valence electrons. The van der Waals surface area contributed by atoms with Crippen LogP contribution in [0.1, 0.15) is 16.1 Å². The Morgan fingerprint density at radius 3 is 2.61 bits per heavy atom. The number of aromatic amines is 1. The van der Waals surface area contributed by atoms with Gasteiger partial charge in [-0.2, -0.15) is 13.2 Å². The molecule has 0 aliphatic carbocycles. The average Bonchev–Trinajstić information content (AvgIpc) is 2.97. The molecule has 0 bridgehead atoms. The second kappa shape index (κ2) is 5.36. The van der Waals surface area contributed by atoms with Crippen molar-refractivity contribution in [1.29, 1.82) is 0 Å². The minimum Gasteiger partial charge on any atom is -0.353 e. The van der Waals surface area contributed by atoms with Crippen LogP contribution in [-0.4, -0.2) is 26.1 Å². The number of hydrogen-bond acceptors (Lipinski definition) is 4. The number of hydroxylamine groups is 1. The standard InChI is InChI=1S/C14H9F3N4O2/c15-14(16,17)11-6-18-10(5-19-11)9-4-7-2-1-3-8(12(7)20-9)13(22)21-23/h1-6,20,23H,(H,21,22). The summed E-state index contributed by atoms with van der Waals surface area (Å²) in [7, 11) is 0. The minimum absolute atomic E-state index is 0.191. The predicted octanol–water partition coefficient (Wildman–Crippen LogP) is 2.76. The molecule has 3 N–H and O–H groups in total.